The topological polar surface area (TPSA) is 61.0 Å². The number of nitrogen functional groups attached to an aromatic ring is 1. The fourth-order valence-corrected chi connectivity index (χ4v) is 2.53. The molecule has 0 bridgehead atoms. The molecule has 0 fully saturated rings. The summed E-state index contributed by atoms with van der Waals surface area (Å²) in [7, 11) is 0. The average molecular weight is 311 g/mol. The predicted octanol–water partition coefficient (Wildman–Crippen LogP) is 4.08. The van der Waals surface area contributed by atoms with E-state index in [1.807, 2.05) is 5.38 Å². The molecule has 0 amide bonds. The Hall–Kier alpha value is -2.35. The van der Waals surface area contributed by atoms with Crippen LogP contribution in [0.1, 0.15) is 5.56 Å². The van der Waals surface area contributed by atoms with Crippen LogP contribution in [0.4, 0.5) is 18.9 Å². The largest absolute Gasteiger partial charge is 0.435 e. The molecule has 0 saturated carbocycles. The number of hydrogen-bond acceptors (Lipinski definition) is 5. The highest BCUT2D eigenvalue weighted by molar-refractivity contribution is 7.17. The van der Waals surface area contributed by atoms with Crippen molar-refractivity contribution in [2.24, 2.45) is 0 Å². The zero-order chi connectivity index (χ0) is 15.0. The van der Waals surface area contributed by atoms with Crippen LogP contribution < -0.4 is 10.5 Å². The van der Waals surface area contributed by atoms with Crippen molar-refractivity contribution in [1.82, 2.24) is 9.97 Å². The van der Waals surface area contributed by atoms with Crippen molar-refractivity contribution in [3.05, 3.63) is 41.5 Å². The Morgan fingerprint density at radius 3 is 2.67 bits per heavy atom. The molecule has 2 aromatic heterocycles. The van der Waals surface area contributed by atoms with Crippen LogP contribution >= 0.6 is 11.3 Å². The van der Waals surface area contributed by atoms with E-state index in [9.17, 15) is 13.2 Å². The van der Waals surface area contributed by atoms with Gasteiger partial charge in [0.25, 0.3) is 0 Å². The maximum atomic E-state index is 12.6. The predicted molar refractivity (Wildman–Crippen MR) is 73.3 cm³/mol. The lowest BCUT2D eigenvalue weighted by molar-refractivity contribution is -0.137. The second-order valence-electron chi connectivity index (χ2n) is 4.17. The summed E-state index contributed by atoms with van der Waals surface area (Å²) in [5.41, 5.74) is 5.40. The minimum Gasteiger partial charge on any atom is -0.435 e. The van der Waals surface area contributed by atoms with Crippen LogP contribution in [-0.2, 0) is 6.18 Å². The molecule has 0 aliphatic carbocycles. The maximum absolute atomic E-state index is 12.6. The van der Waals surface area contributed by atoms with Crippen LogP contribution in [0.5, 0.6) is 11.6 Å². The van der Waals surface area contributed by atoms with Gasteiger partial charge in [-0.15, -0.1) is 11.3 Å². The third kappa shape index (κ3) is 2.62. The molecular formula is C13H8F3N3OS. The molecule has 0 saturated heterocycles. The first-order chi connectivity index (χ1) is 9.95. The van der Waals surface area contributed by atoms with Crippen LogP contribution in [-0.4, -0.2) is 9.97 Å². The molecule has 0 atom stereocenters. The second-order valence-corrected chi connectivity index (χ2v) is 5.08. The van der Waals surface area contributed by atoms with Gasteiger partial charge in [0.15, 0.2) is 5.75 Å². The molecule has 0 unspecified atom stereocenters. The maximum Gasteiger partial charge on any atom is 0.416 e. The molecule has 0 spiro atoms. The van der Waals surface area contributed by atoms with Gasteiger partial charge >= 0.3 is 6.18 Å². The molecule has 0 radical (unpaired) electrons. The van der Waals surface area contributed by atoms with Crippen molar-refractivity contribution >= 4 is 27.2 Å². The molecule has 0 aliphatic rings. The first kappa shape index (κ1) is 13.6. The summed E-state index contributed by atoms with van der Waals surface area (Å²) in [6.07, 6.45) is -3.12. The average Bonchev–Trinajstić information content (AvgIpc) is 2.89. The molecule has 8 heteroatoms. The Balaban J connectivity index is 1.97. The van der Waals surface area contributed by atoms with Gasteiger partial charge < -0.3 is 10.5 Å². The van der Waals surface area contributed by atoms with E-state index < -0.39 is 11.7 Å². The molecule has 0 aliphatic heterocycles. The van der Waals surface area contributed by atoms with Crippen LogP contribution in [0.2, 0.25) is 0 Å². The summed E-state index contributed by atoms with van der Waals surface area (Å²) < 4.78 is 44.0. The normalized spacial score (nSPS) is 11.8. The van der Waals surface area contributed by atoms with Gasteiger partial charge in [0.05, 0.1) is 16.8 Å². The Kier molecular flexibility index (Phi) is 3.17. The molecule has 4 nitrogen and oxygen atoms in total. The van der Waals surface area contributed by atoms with Gasteiger partial charge in [0, 0.05) is 0 Å². The Morgan fingerprint density at radius 1 is 1.14 bits per heavy atom. The van der Waals surface area contributed by atoms with Crippen molar-refractivity contribution in [2.45, 2.75) is 6.18 Å². The highest BCUT2D eigenvalue weighted by Crippen LogP contribution is 2.36. The minimum atomic E-state index is -4.44. The Morgan fingerprint density at radius 2 is 1.95 bits per heavy atom. The van der Waals surface area contributed by atoms with Gasteiger partial charge in [0.2, 0.25) is 5.88 Å². The first-order valence-corrected chi connectivity index (χ1v) is 6.66. The van der Waals surface area contributed by atoms with Gasteiger partial charge in [-0.2, -0.15) is 13.2 Å². The van der Waals surface area contributed by atoms with Gasteiger partial charge in [0.1, 0.15) is 11.0 Å². The number of nitrogens with two attached hydrogens (primary N) is 1. The zero-order valence-corrected chi connectivity index (χ0v) is 11.2. The van der Waals surface area contributed by atoms with Crippen molar-refractivity contribution in [1.29, 1.82) is 0 Å². The van der Waals surface area contributed by atoms with Crippen LogP contribution in [0.3, 0.4) is 0 Å². The number of ether oxygens (including phenoxy) is 1. The van der Waals surface area contributed by atoms with E-state index in [2.05, 4.69) is 9.97 Å². The summed E-state index contributed by atoms with van der Waals surface area (Å²) in [4.78, 5) is 8.04. The number of anilines is 1. The molecule has 3 aromatic rings. The number of benzene rings is 1. The standard InChI is InChI=1S/C13H8F3N3OS/c14-13(15,16)7-1-2-10(8(17)5-7)20-12-11-9(3-4-21-11)18-6-19-12/h1-6H,17H2. The first-order valence-electron chi connectivity index (χ1n) is 5.78. The van der Waals surface area contributed by atoms with Crippen molar-refractivity contribution in [3.63, 3.8) is 0 Å². The Labute approximate surface area is 121 Å². The lowest BCUT2D eigenvalue weighted by atomic mass is 10.2. The summed E-state index contributed by atoms with van der Waals surface area (Å²) in [5, 5.41) is 1.82. The molecule has 2 N–H and O–H groups in total. The van der Waals surface area contributed by atoms with Gasteiger partial charge in [-0.1, -0.05) is 0 Å². The van der Waals surface area contributed by atoms with Gasteiger partial charge in [-0.3, -0.25) is 0 Å². The lowest BCUT2D eigenvalue weighted by Gasteiger charge is -2.11. The smallest absolute Gasteiger partial charge is 0.416 e. The van der Waals surface area contributed by atoms with Crippen LogP contribution in [0.25, 0.3) is 10.2 Å². The number of alkyl halides is 3. The van der Waals surface area contributed by atoms with Gasteiger partial charge in [-0.25, -0.2) is 9.97 Å². The number of nitrogens with zero attached hydrogens (tertiary/aromatic N) is 2. The molecular weight excluding hydrogens is 303 g/mol. The number of thiophene rings is 1. The van der Waals surface area contributed by atoms with E-state index in [0.29, 0.717) is 10.2 Å². The quantitative estimate of drug-likeness (QED) is 0.724. The molecule has 21 heavy (non-hydrogen) atoms. The van der Waals surface area contributed by atoms with E-state index in [-0.39, 0.29) is 17.3 Å². The van der Waals surface area contributed by atoms with E-state index >= 15 is 0 Å². The third-order valence-corrected chi connectivity index (χ3v) is 3.65. The van der Waals surface area contributed by atoms with E-state index in [4.69, 9.17) is 10.5 Å². The number of hydrogen-bond donors (Lipinski definition) is 1. The summed E-state index contributed by atoms with van der Waals surface area (Å²) in [6, 6.07) is 4.73. The fraction of sp³-hybridized carbons (Fsp3) is 0.0769. The summed E-state index contributed by atoms with van der Waals surface area (Å²) in [5.74, 6) is 0.387. The second kappa shape index (κ2) is 4.88. The highest BCUT2D eigenvalue weighted by Gasteiger charge is 2.31. The van der Waals surface area contributed by atoms with Crippen LogP contribution in [0, 0.1) is 0 Å². The monoisotopic (exact) mass is 311 g/mol. The number of rotatable bonds is 2. The highest BCUT2D eigenvalue weighted by atomic mass is 32.1. The van der Waals surface area contributed by atoms with Crippen LogP contribution in [0.15, 0.2) is 36.0 Å². The molecule has 3 rings (SSSR count). The van der Waals surface area contributed by atoms with E-state index in [1.54, 1.807) is 6.07 Å². The van der Waals surface area contributed by atoms with Crippen molar-refractivity contribution < 1.29 is 17.9 Å². The zero-order valence-electron chi connectivity index (χ0n) is 10.4. The third-order valence-electron chi connectivity index (χ3n) is 2.75. The Bertz CT molecular complexity index is 801. The van der Waals surface area contributed by atoms with Crippen molar-refractivity contribution in [3.8, 4) is 11.6 Å². The van der Waals surface area contributed by atoms with E-state index in [0.717, 1.165) is 12.1 Å². The van der Waals surface area contributed by atoms with Crippen molar-refractivity contribution in [2.75, 3.05) is 5.73 Å². The summed E-state index contributed by atoms with van der Waals surface area (Å²) >= 11 is 1.38. The fourth-order valence-electron chi connectivity index (χ4n) is 1.76. The number of fused-ring (bicyclic) bond motifs is 1. The summed E-state index contributed by atoms with van der Waals surface area (Å²) in [6.45, 7) is 0. The molecule has 1 aromatic carbocycles. The molecule has 108 valence electrons. The lowest BCUT2D eigenvalue weighted by Crippen LogP contribution is -2.06. The van der Waals surface area contributed by atoms with Gasteiger partial charge in [-0.05, 0) is 29.6 Å². The molecule has 2 heterocycles. The number of aromatic nitrogens is 2. The van der Waals surface area contributed by atoms with E-state index in [1.165, 1.54) is 23.7 Å². The minimum absolute atomic E-state index is 0.104. The SMILES string of the molecule is Nc1cc(C(F)(F)F)ccc1Oc1ncnc2ccsc12. The number of halogens is 3.